The summed E-state index contributed by atoms with van der Waals surface area (Å²) >= 11 is 0. The van der Waals surface area contributed by atoms with E-state index in [9.17, 15) is 4.39 Å². The predicted octanol–water partition coefficient (Wildman–Crippen LogP) is 0.711. The molecule has 1 aromatic rings. The van der Waals surface area contributed by atoms with E-state index in [1.165, 1.54) is 13.2 Å². The maximum absolute atomic E-state index is 13.7. The highest BCUT2D eigenvalue weighted by Gasteiger charge is 2.22. The van der Waals surface area contributed by atoms with Crippen LogP contribution < -0.4 is 24.8 Å². The lowest BCUT2D eigenvalue weighted by atomic mass is 10.1. The number of hydrogen-bond donors (Lipinski definition) is 2. The number of hydrogen-bond acceptors (Lipinski definition) is 6. The van der Waals surface area contributed by atoms with E-state index in [4.69, 9.17) is 14.2 Å². The fraction of sp³-hybridized carbons (Fsp3) is 0.643. The van der Waals surface area contributed by atoms with Gasteiger partial charge >= 0.3 is 0 Å². The van der Waals surface area contributed by atoms with Crippen molar-refractivity contribution < 1.29 is 18.6 Å². The topological polar surface area (TPSA) is 64.6 Å². The number of aromatic nitrogens is 1. The van der Waals surface area contributed by atoms with Crippen LogP contribution in [0.25, 0.3) is 0 Å². The van der Waals surface area contributed by atoms with Crippen LogP contribution in [0, 0.1) is 5.95 Å². The molecule has 0 aromatic carbocycles. The van der Waals surface area contributed by atoms with E-state index in [2.05, 4.69) is 15.6 Å². The van der Waals surface area contributed by atoms with Crippen molar-refractivity contribution in [2.45, 2.75) is 24.9 Å². The molecule has 7 heteroatoms. The smallest absolute Gasteiger partial charge is 0.260 e. The first-order valence-corrected chi connectivity index (χ1v) is 7.23. The Hall–Kier alpha value is -1.60. The molecule has 2 saturated heterocycles. The molecule has 0 unspecified atom stereocenters. The van der Waals surface area contributed by atoms with E-state index in [0.29, 0.717) is 31.0 Å². The number of pyridine rings is 1. The molecule has 3 rings (SSSR count). The van der Waals surface area contributed by atoms with Crippen molar-refractivity contribution in [3.05, 3.63) is 12.0 Å². The molecule has 2 N–H and O–H groups in total. The number of methoxy groups -OCH3 is 1. The second-order valence-corrected chi connectivity index (χ2v) is 5.29. The molecule has 1 aromatic heterocycles. The van der Waals surface area contributed by atoms with Crippen molar-refractivity contribution >= 4 is 0 Å². The standard InChI is InChI=1S/C14H20FN3O3/c1-19-11-6-12(20-7-9-2-4-16-9)14(18-13(11)15)21-8-10-3-5-17-10/h6,9-10,16-17H,2-5,7-8H2,1H3/t9-,10-/m0/s1. The van der Waals surface area contributed by atoms with Crippen LogP contribution >= 0.6 is 0 Å². The summed E-state index contributed by atoms with van der Waals surface area (Å²) in [5.41, 5.74) is 0. The number of halogens is 1. The highest BCUT2D eigenvalue weighted by atomic mass is 19.1. The van der Waals surface area contributed by atoms with Gasteiger partial charge in [-0.05, 0) is 25.9 Å². The van der Waals surface area contributed by atoms with E-state index in [1.807, 2.05) is 0 Å². The lowest BCUT2D eigenvalue weighted by molar-refractivity contribution is 0.180. The molecule has 2 atom stereocenters. The highest BCUT2D eigenvalue weighted by molar-refractivity contribution is 5.40. The minimum Gasteiger partial charge on any atom is -0.492 e. The lowest BCUT2D eigenvalue weighted by Crippen LogP contribution is -2.47. The minimum absolute atomic E-state index is 0.0562. The second kappa shape index (κ2) is 6.44. The van der Waals surface area contributed by atoms with E-state index in [0.717, 1.165) is 25.9 Å². The third-order valence-electron chi connectivity index (χ3n) is 3.81. The van der Waals surface area contributed by atoms with Crippen molar-refractivity contribution in [1.82, 2.24) is 15.6 Å². The molecule has 2 aliphatic heterocycles. The van der Waals surface area contributed by atoms with Crippen LogP contribution in [0.1, 0.15) is 12.8 Å². The monoisotopic (exact) mass is 297 g/mol. The Morgan fingerprint density at radius 2 is 1.76 bits per heavy atom. The van der Waals surface area contributed by atoms with E-state index in [-0.39, 0.29) is 11.6 Å². The number of ether oxygens (including phenoxy) is 3. The predicted molar refractivity (Wildman–Crippen MR) is 74.6 cm³/mol. The Morgan fingerprint density at radius 1 is 1.14 bits per heavy atom. The van der Waals surface area contributed by atoms with Gasteiger partial charge in [0.2, 0.25) is 0 Å². The van der Waals surface area contributed by atoms with Gasteiger partial charge in [0.15, 0.2) is 11.5 Å². The summed E-state index contributed by atoms with van der Waals surface area (Å²) in [6.07, 6.45) is 2.13. The van der Waals surface area contributed by atoms with Crippen molar-refractivity contribution in [3.8, 4) is 17.4 Å². The van der Waals surface area contributed by atoms with Crippen LogP contribution in [0.15, 0.2) is 6.07 Å². The van der Waals surface area contributed by atoms with Crippen LogP contribution in [0.4, 0.5) is 4.39 Å². The zero-order valence-corrected chi connectivity index (χ0v) is 12.0. The summed E-state index contributed by atoms with van der Waals surface area (Å²) in [6, 6.07) is 2.13. The molecule has 0 radical (unpaired) electrons. The van der Waals surface area contributed by atoms with Crippen molar-refractivity contribution in [2.24, 2.45) is 0 Å². The zero-order chi connectivity index (χ0) is 14.7. The first kappa shape index (κ1) is 14.3. The molecule has 0 aliphatic carbocycles. The number of rotatable bonds is 7. The fourth-order valence-electron chi connectivity index (χ4n) is 2.14. The van der Waals surface area contributed by atoms with Gasteiger partial charge in [0.1, 0.15) is 13.2 Å². The van der Waals surface area contributed by atoms with Gasteiger partial charge in [-0.3, -0.25) is 0 Å². The molecule has 21 heavy (non-hydrogen) atoms. The van der Waals surface area contributed by atoms with Crippen LogP contribution in [-0.2, 0) is 0 Å². The molecule has 0 amide bonds. The average molecular weight is 297 g/mol. The van der Waals surface area contributed by atoms with Crippen LogP contribution in [0.3, 0.4) is 0 Å². The molecule has 2 aliphatic rings. The second-order valence-electron chi connectivity index (χ2n) is 5.29. The summed E-state index contributed by atoms with van der Waals surface area (Å²) in [5.74, 6) is -0.0357. The Morgan fingerprint density at radius 3 is 2.29 bits per heavy atom. The molecule has 116 valence electrons. The Labute approximate surface area is 123 Å². The van der Waals surface area contributed by atoms with Gasteiger partial charge in [0, 0.05) is 18.2 Å². The minimum atomic E-state index is -0.691. The summed E-state index contributed by atoms with van der Waals surface area (Å²) in [5, 5.41) is 6.46. The average Bonchev–Trinajstić information content (AvgIpc) is 2.37. The molecule has 0 spiro atoms. The van der Waals surface area contributed by atoms with Gasteiger partial charge < -0.3 is 24.8 Å². The summed E-state index contributed by atoms with van der Waals surface area (Å²) in [6.45, 7) is 2.97. The first-order chi connectivity index (χ1) is 10.3. The van der Waals surface area contributed by atoms with Crippen LogP contribution in [-0.4, -0.2) is 50.5 Å². The van der Waals surface area contributed by atoms with E-state index < -0.39 is 5.95 Å². The molecular formula is C14H20FN3O3. The third-order valence-corrected chi connectivity index (χ3v) is 3.81. The highest BCUT2D eigenvalue weighted by Crippen LogP contribution is 2.31. The van der Waals surface area contributed by atoms with Crippen molar-refractivity contribution in [1.29, 1.82) is 0 Å². The number of nitrogens with zero attached hydrogens (tertiary/aromatic N) is 1. The van der Waals surface area contributed by atoms with Crippen molar-refractivity contribution in [2.75, 3.05) is 33.4 Å². The molecule has 0 saturated carbocycles. The number of nitrogens with one attached hydrogen (secondary N) is 2. The maximum Gasteiger partial charge on any atom is 0.260 e. The van der Waals surface area contributed by atoms with Crippen molar-refractivity contribution in [3.63, 3.8) is 0 Å². The third kappa shape index (κ3) is 3.36. The normalized spacial score (nSPS) is 23.9. The Balaban J connectivity index is 1.68. The zero-order valence-electron chi connectivity index (χ0n) is 12.0. The quantitative estimate of drug-likeness (QED) is 0.723. The first-order valence-electron chi connectivity index (χ1n) is 7.23. The summed E-state index contributed by atoms with van der Waals surface area (Å²) in [4.78, 5) is 3.81. The fourth-order valence-corrected chi connectivity index (χ4v) is 2.14. The molecule has 6 nitrogen and oxygen atoms in total. The largest absolute Gasteiger partial charge is 0.492 e. The van der Waals surface area contributed by atoms with E-state index in [1.54, 1.807) is 0 Å². The summed E-state index contributed by atoms with van der Waals surface area (Å²) < 4.78 is 30.0. The molecular weight excluding hydrogens is 277 g/mol. The lowest BCUT2D eigenvalue weighted by Gasteiger charge is -2.29. The van der Waals surface area contributed by atoms with Gasteiger partial charge in [0.05, 0.1) is 7.11 Å². The Bertz CT molecular complexity index is 493. The van der Waals surface area contributed by atoms with E-state index >= 15 is 0 Å². The maximum atomic E-state index is 13.7. The molecule has 2 fully saturated rings. The van der Waals surface area contributed by atoms with Gasteiger partial charge in [-0.15, -0.1) is 0 Å². The summed E-state index contributed by atoms with van der Waals surface area (Å²) in [7, 11) is 1.40. The van der Waals surface area contributed by atoms with Crippen LogP contribution in [0.5, 0.6) is 17.4 Å². The molecule has 0 bridgehead atoms. The Kier molecular flexibility index (Phi) is 4.40. The van der Waals surface area contributed by atoms with Crippen LogP contribution in [0.2, 0.25) is 0 Å². The van der Waals surface area contributed by atoms with Gasteiger partial charge in [-0.2, -0.15) is 9.37 Å². The molecule has 3 heterocycles. The SMILES string of the molecule is COc1cc(OC[C@@H]2CCN2)c(OC[C@@H]2CCN2)nc1F. The van der Waals surface area contributed by atoms with Gasteiger partial charge in [0.25, 0.3) is 11.8 Å². The van der Waals surface area contributed by atoms with Gasteiger partial charge in [-0.25, -0.2) is 0 Å². The van der Waals surface area contributed by atoms with Gasteiger partial charge in [-0.1, -0.05) is 0 Å².